The summed E-state index contributed by atoms with van der Waals surface area (Å²) in [5, 5.41) is 4.72. The number of benzene rings is 2. The summed E-state index contributed by atoms with van der Waals surface area (Å²) in [7, 11) is 0. The first-order valence-corrected chi connectivity index (χ1v) is 7.07. The molecule has 1 saturated heterocycles. The largest absolute Gasteiger partial charge is 0.328 e. The summed E-state index contributed by atoms with van der Waals surface area (Å²) in [4.78, 5) is 23.6. The van der Waals surface area contributed by atoms with Gasteiger partial charge in [0.1, 0.15) is 6.04 Å². The van der Waals surface area contributed by atoms with Crippen LogP contribution in [0, 0.1) is 0 Å². The number of nitrogens with one attached hydrogen (secondary N) is 1. The van der Waals surface area contributed by atoms with Gasteiger partial charge in [-0.15, -0.1) is 0 Å². The summed E-state index contributed by atoms with van der Waals surface area (Å²) in [6, 6.07) is 15.8. The highest BCUT2D eigenvalue weighted by molar-refractivity contribution is 6.10. The van der Waals surface area contributed by atoms with Crippen LogP contribution in [0.1, 0.15) is 18.9 Å². The van der Waals surface area contributed by atoms with Crippen molar-refractivity contribution >= 4 is 33.6 Å². The summed E-state index contributed by atoms with van der Waals surface area (Å²) in [6.45, 7) is 0. The van der Waals surface area contributed by atoms with E-state index in [0.29, 0.717) is 12.8 Å². The monoisotopic (exact) mass is 278 g/mol. The minimum absolute atomic E-state index is 0.183. The molecule has 1 aliphatic rings. The number of para-hydroxylation sites is 2. The van der Waals surface area contributed by atoms with Gasteiger partial charge in [-0.05, 0) is 18.6 Å². The van der Waals surface area contributed by atoms with E-state index in [1.165, 1.54) is 0 Å². The molecule has 4 nitrogen and oxygen atoms in total. The maximum atomic E-state index is 12.2. The van der Waals surface area contributed by atoms with E-state index in [9.17, 15) is 9.59 Å². The number of nitrogens with zero attached hydrogens (tertiary/aromatic N) is 1. The Balaban J connectivity index is 2.02. The van der Waals surface area contributed by atoms with E-state index < -0.39 is 0 Å². The molecule has 1 aliphatic heterocycles. The number of carbonyl (C=O) groups is 2. The topological polar surface area (TPSA) is 51.1 Å². The first kappa shape index (κ1) is 12.1. The molecule has 1 fully saturated rings. The number of amides is 2. The molecule has 2 heterocycles. The van der Waals surface area contributed by atoms with Gasteiger partial charge in [0.15, 0.2) is 0 Å². The Morgan fingerprint density at radius 1 is 0.905 bits per heavy atom. The second-order valence-corrected chi connectivity index (χ2v) is 5.37. The van der Waals surface area contributed by atoms with Crippen LogP contribution in [-0.4, -0.2) is 16.4 Å². The van der Waals surface area contributed by atoms with Crippen molar-refractivity contribution in [1.29, 1.82) is 0 Å². The van der Waals surface area contributed by atoms with E-state index in [1.807, 2.05) is 36.4 Å². The van der Waals surface area contributed by atoms with Gasteiger partial charge in [-0.2, -0.15) is 0 Å². The van der Waals surface area contributed by atoms with Crippen LogP contribution in [-0.2, 0) is 9.59 Å². The number of rotatable bonds is 1. The quantitative estimate of drug-likeness (QED) is 0.696. The second-order valence-electron chi connectivity index (χ2n) is 5.37. The predicted molar refractivity (Wildman–Crippen MR) is 80.9 cm³/mol. The Morgan fingerprint density at radius 3 is 2.05 bits per heavy atom. The van der Waals surface area contributed by atoms with E-state index >= 15 is 0 Å². The molecule has 1 N–H and O–H groups in total. The highest BCUT2D eigenvalue weighted by Crippen LogP contribution is 2.33. The van der Waals surface area contributed by atoms with Crippen LogP contribution in [0.15, 0.2) is 48.5 Å². The molecule has 1 atom stereocenters. The van der Waals surface area contributed by atoms with Gasteiger partial charge in [0.25, 0.3) is 0 Å². The molecule has 1 aromatic heterocycles. The molecule has 2 amide bonds. The lowest BCUT2D eigenvalue weighted by Gasteiger charge is -2.24. The number of carbonyl (C=O) groups excluding carboxylic acids is 2. The minimum Gasteiger partial charge on any atom is -0.328 e. The van der Waals surface area contributed by atoms with E-state index in [2.05, 4.69) is 22.0 Å². The van der Waals surface area contributed by atoms with Crippen LogP contribution in [0.3, 0.4) is 0 Å². The van der Waals surface area contributed by atoms with E-state index in [-0.39, 0.29) is 17.9 Å². The summed E-state index contributed by atoms with van der Waals surface area (Å²) in [6.07, 6.45) is 0.935. The molecular formula is C17H14N2O2. The Hall–Kier alpha value is -2.62. The molecule has 3 aromatic rings. The Bertz CT molecular complexity index is 826. The van der Waals surface area contributed by atoms with Crippen molar-refractivity contribution in [2.45, 2.75) is 18.9 Å². The molecule has 0 spiro atoms. The first-order valence-electron chi connectivity index (χ1n) is 7.07. The van der Waals surface area contributed by atoms with E-state index in [1.54, 1.807) is 0 Å². The smallest absolute Gasteiger partial charge is 0.249 e. The van der Waals surface area contributed by atoms with Gasteiger partial charge in [-0.25, -0.2) is 0 Å². The molecule has 0 saturated carbocycles. The zero-order valence-corrected chi connectivity index (χ0v) is 11.4. The standard InChI is InChI=1S/C17H14N2O2/c20-16-10-9-15(17(21)18-16)19-13-7-3-1-5-11(13)12-6-2-4-8-14(12)19/h1-8,15H,9-10H2,(H,18,20,21). The van der Waals surface area contributed by atoms with Crippen LogP contribution in [0.25, 0.3) is 21.8 Å². The van der Waals surface area contributed by atoms with Gasteiger partial charge in [-0.3, -0.25) is 14.9 Å². The molecular weight excluding hydrogens is 264 g/mol. The zero-order chi connectivity index (χ0) is 14.4. The average Bonchev–Trinajstić information content (AvgIpc) is 2.82. The van der Waals surface area contributed by atoms with Crippen LogP contribution in [0.4, 0.5) is 0 Å². The third kappa shape index (κ3) is 1.76. The summed E-state index contributed by atoms with van der Waals surface area (Å²) < 4.78 is 2.06. The number of aromatic nitrogens is 1. The number of hydrogen-bond acceptors (Lipinski definition) is 2. The maximum Gasteiger partial charge on any atom is 0.249 e. The van der Waals surface area contributed by atoms with Gasteiger partial charge in [0, 0.05) is 28.2 Å². The Morgan fingerprint density at radius 2 is 1.48 bits per heavy atom. The Kier molecular flexibility index (Phi) is 2.57. The molecule has 0 bridgehead atoms. The molecule has 1 unspecified atom stereocenters. The van der Waals surface area contributed by atoms with Crippen molar-refractivity contribution in [3.63, 3.8) is 0 Å². The van der Waals surface area contributed by atoms with Gasteiger partial charge in [0.2, 0.25) is 11.8 Å². The third-order valence-electron chi connectivity index (χ3n) is 4.14. The van der Waals surface area contributed by atoms with Gasteiger partial charge >= 0.3 is 0 Å². The van der Waals surface area contributed by atoms with Crippen molar-refractivity contribution in [1.82, 2.24) is 9.88 Å². The number of hydrogen-bond donors (Lipinski definition) is 1. The molecule has 2 aromatic carbocycles. The van der Waals surface area contributed by atoms with Crippen LogP contribution < -0.4 is 5.32 Å². The third-order valence-corrected chi connectivity index (χ3v) is 4.14. The number of fused-ring (bicyclic) bond motifs is 3. The average molecular weight is 278 g/mol. The van der Waals surface area contributed by atoms with Gasteiger partial charge in [0.05, 0.1) is 0 Å². The SMILES string of the molecule is O=C1CCC(n2c3ccccc3c3ccccc32)C(=O)N1. The predicted octanol–water partition coefficient (Wildman–Crippen LogP) is 2.77. The lowest BCUT2D eigenvalue weighted by atomic mass is 10.1. The fourth-order valence-corrected chi connectivity index (χ4v) is 3.22. The molecule has 0 aliphatic carbocycles. The van der Waals surface area contributed by atoms with E-state index in [0.717, 1.165) is 21.8 Å². The number of imide groups is 1. The fraction of sp³-hybridized carbons (Fsp3) is 0.176. The second kappa shape index (κ2) is 4.45. The molecule has 4 heteroatoms. The molecule has 0 radical (unpaired) electrons. The summed E-state index contributed by atoms with van der Waals surface area (Å²) in [5.74, 6) is -0.394. The van der Waals surface area contributed by atoms with Crippen LogP contribution >= 0.6 is 0 Å². The Labute approximate surface area is 121 Å². The molecule has 104 valence electrons. The van der Waals surface area contributed by atoms with Gasteiger partial charge in [-0.1, -0.05) is 36.4 Å². The van der Waals surface area contributed by atoms with Crippen molar-refractivity contribution < 1.29 is 9.59 Å². The van der Waals surface area contributed by atoms with Crippen molar-refractivity contribution in [3.8, 4) is 0 Å². The summed E-state index contributed by atoms with van der Waals surface area (Å²) >= 11 is 0. The normalized spacial score (nSPS) is 19.1. The lowest BCUT2D eigenvalue weighted by Crippen LogP contribution is -2.41. The van der Waals surface area contributed by atoms with Crippen molar-refractivity contribution in [2.24, 2.45) is 0 Å². The molecule has 21 heavy (non-hydrogen) atoms. The highest BCUT2D eigenvalue weighted by Gasteiger charge is 2.30. The lowest BCUT2D eigenvalue weighted by molar-refractivity contribution is -0.135. The van der Waals surface area contributed by atoms with Gasteiger partial charge < -0.3 is 4.57 Å². The summed E-state index contributed by atoms with van der Waals surface area (Å²) in [5.41, 5.74) is 2.07. The van der Waals surface area contributed by atoms with Crippen molar-refractivity contribution in [2.75, 3.05) is 0 Å². The zero-order valence-electron chi connectivity index (χ0n) is 11.4. The van der Waals surface area contributed by atoms with Crippen molar-refractivity contribution in [3.05, 3.63) is 48.5 Å². The highest BCUT2D eigenvalue weighted by atomic mass is 16.2. The van der Waals surface area contributed by atoms with Crippen LogP contribution in [0.5, 0.6) is 0 Å². The van der Waals surface area contributed by atoms with Crippen LogP contribution in [0.2, 0.25) is 0 Å². The minimum atomic E-state index is -0.326. The first-order chi connectivity index (χ1) is 10.3. The van der Waals surface area contributed by atoms with E-state index in [4.69, 9.17) is 0 Å². The number of piperidine rings is 1. The fourth-order valence-electron chi connectivity index (χ4n) is 3.22. The maximum absolute atomic E-state index is 12.2. The molecule has 4 rings (SSSR count).